The first-order valence-corrected chi connectivity index (χ1v) is 1.91. The minimum Gasteiger partial charge on any atom is -1.00 e. The molecule has 0 unspecified atom stereocenters. The molecule has 1 rings (SSSR count). The molecule has 0 saturated heterocycles. The number of hydrogen-bond acceptors (Lipinski definition) is 0. The average molecular weight is 178 g/mol. The Morgan fingerprint density at radius 1 is 0.875 bits per heavy atom. The standard InChI is InChI=1S/C6H5.ClH.Zn/c1-2-4-6-5-3-1;;/h1-5H;1H;/q-1;;+2/p-1. The summed E-state index contributed by atoms with van der Waals surface area (Å²) in [5.41, 5.74) is 0. The maximum atomic E-state index is 2.89. The second-order valence-corrected chi connectivity index (χ2v) is 1.08. The number of hydrogen-bond donors (Lipinski definition) is 0. The summed E-state index contributed by atoms with van der Waals surface area (Å²) in [6, 6.07) is 12.5. The molecule has 1 aromatic rings. The van der Waals surface area contributed by atoms with Gasteiger partial charge in [0.1, 0.15) is 0 Å². The first-order chi connectivity index (χ1) is 3.00. The number of benzene rings is 1. The molecule has 0 nitrogen and oxygen atoms in total. The Bertz CT molecular complexity index is 80.5. The van der Waals surface area contributed by atoms with Crippen molar-refractivity contribution < 1.29 is 31.9 Å². The van der Waals surface area contributed by atoms with E-state index in [-0.39, 0.29) is 31.9 Å². The van der Waals surface area contributed by atoms with Gasteiger partial charge in [-0.05, 0) is 0 Å². The Balaban J connectivity index is 0. The monoisotopic (exact) mass is 176 g/mol. The first-order valence-electron chi connectivity index (χ1n) is 1.91. The molecule has 0 N–H and O–H groups in total. The molecule has 1 aromatic carbocycles. The van der Waals surface area contributed by atoms with Gasteiger partial charge in [0.2, 0.25) is 0 Å². The van der Waals surface area contributed by atoms with Crippen LogP contribution >= 0.6 is 0 Å². The summed E-state index contributed by atoms with van der Waals surface area (Å²) in [6.45, 7) is 0. The molecule has 2 heteroatoms. The van der Waals surface area contributed by atoms with Crippen LogP contribution in [-0.4, -0.2) is 0 Å². The van der Waals surface area contributed by atoms with Crippen molar-refractivity contribution in [3.05, 3.63) is 36.4 Å². The van der Waals surface area contributed by atoms with E-state index in [1.165, 1.54) is 0 Å². The molecule has 38 valence electrons. The normalized spacial score (nSPS) is 6.00. The predicted octanol–water partition coefficient (Wildman–Crippen LogP) is -1.51. The molecule has 8 heavy (non-hydrogen) atoms. The smallest absolute Gasteiger partial charge is 1.00 e. The van der Waals surface area contributed by atoms with Crippen molar-refractivity contribution in [1.29, 1.82) is 0 Å². The van der Waals surface area contributed by atoms with E-state index in [0.717, 1.165) is 0 Å². The number of rotatable bonds is 0. The Hall–Kier alpha value is 0.133. The van der Waals surface area contributed by atoms with Crippen LogP contribution in [0.5, 0.6) is 0 Å². The van der Waals surface area contributed by atoms with Crippen molar-refractivity contribution >= 4 is 0 Å². The summed E-state index contributed by atoms with van der Waals surface area (Å²) in [5, 5.41) is 0. The molecular weight excluding hydrogens is 173 g/mol. The zero-order valence-electron chi connectivity index (χ0n) is 4.47. The first kappa shape index (κ1) is 11.0. The summed E-state index contributed by atoms with van der Waals surface area (Å²) >= 11 is 0. The molecule has 0 fully saturated rings. The van der Waals surface area contributed by atoms with Crippen molar-refractivity contribution in [3.8, 4) is 0 Å². The van der Waals surface area contributed by atoms with Crippen molar-refractivity contribution in [2.24, 2.45) is 0 Å². The maximum absolute atomic E-state index is 2.89. The van der Waals surface area contributed by atoms with E-state index in [1.807, 2.05) is 30.3 Å². The van der Waals surface area contributed by atoms with Gasteiger partial charge in [-0.25, -0.2) is 0 Å². The third-order valence-corrected chi connectivity index (χ3v) is 0.607. The van der Waals surface area contributed by atoms with Crippen LogP contribution in [0.3, 0.4) is 0 Å². The van der Waals surface area contributed by atoms with Gasteiger partial charge >= 0.3 is 19.5 Å². The minimum atomic E-state index is 0. The Morgan fingerprint density at radius 3 is 1.50 bits per heavy atom. The molecule has 0 saturated carbocycles. The van der Waals surface area contributed by atoms with E-state index in [1.54, 1.807) is 0 Å². The molecule has 0 atom stereocenters. The van der Waals surface area contributed by atoms with E-state index >= 15 is 0 Å². The van der Waals surface area contributed by atoms with Gasteiger partial charge < -0.3 is 12.4 Å². The fraction of sp³-hybridized carbons (Fsp3) is 0. The van der Waals surface area contributed by atoms with Crippen molar-refractivity contribution in [3.63, 3.8) is 0 Å². The van der Waals surface area contributed by atoms with Crippen molar-refractivity contribution in [2.75, 3.05) is 0 Å². The quantitative estimate of drug-likeness (QED) is 0.334. The molecule has 0 aliphatic heterocycles. The molecule has 0 radical (unpaired) electrons. The van der Waals surface area contributed by atoms with E-state index < -0.39 is 0 Å². The summed E-state index contributed by atoms with van der Waals surface area (Å²) in [5.74, 6) is 0. The summed E-state index contributed by atoms with van der Waals surface area (Å²) < 4.78 is 0. The van der Waals surface area contributed by atoms with Crippen LogP contribution in [0.1, 0.15) is 0 Å². The molecule has 0 aliphatic carbocycles. The second kappa shape index (κ2) is 7.13. The van der Waals surface area contributed by atoms with Crippen LogP contribution in [0.25, 0.3) is 0 Å². The second-order valence-electron chi connectivity index (χ2n) is 1.08. The van der Waals surface area contributed by atoms with Crippen LogP contribution in [0.15, 0.2) is 30.3 Å². The zero-order valence-corrected chi connectivity index (χ0v) is 8.19. The fourth-order valence-corrected chi connectivity index (χ4v) is 0.342. The molecule has 0 aromatic heterocycles. The van der Waals surface area contributed by atoms with E-state index in [4.69, 9.17) is 0 Å². The van der Waals surface area contributed by atoms with Gasteiger partial charge in [-0.1, -0.05) is 0 Å². The largest absolute Gasteiger partial charge is 2.00 e. The predicted molar refractivity (Wildman–Crippen MR) is 25.3 cm³/mol. The van der Waals surface area contributed by atoms with Gasteiger partial charge in [0.05, 0.1) is 0 Å². The van der Waals surface area contributed by atoms with Gasteiger partial charge in [-0.2, -0.15) is 36.4 Å². The van der Waals surface area contributed by atoms with Gasteiger partial charge in [0.15, 0.2) is 0 Å². The Morgan fingerprint density at radius 2 is 1.38 bits per heavy atom. The van der Waals surface area contributed by atoms with Crippen LogP contribution in [0, 0.1) is 6.07 Å². The summed E-state index contributed by atoms with van der Waals surface area (Å²) in [7, 11) is 0. The Kier molecular flexibility index (Phi) is 9.81. The SMILES string of the molecule is [Cl-].[Zn+2].[c-]1ccccc1. The van der Waals surface area contributed by atoms with Crippen LogP contribution < -0.4 is 12.4 Å². The third-order valence-electron chi connectivity index (χ3n) is 0.607. The van der Waals surface area contributed by atoms with E-state index in [2.05, 4.69) is 6.07 Å². The molecular formula is C6H5ClZn. The average Bonchev–Trinajstić information content (AvgIpc) is 1.72. The minimum absolute atomic E-state index is 0. The topological polar surface area (TPSA) is 0 Å². The van der Waals surface area contributed by atoms with Crippen LogP contribution in [0.4, 0.5) is 0 Å². The van der Waals surface area contributed by atoms with Gasteiger partial charge in [-0.15, -0.1) is 0 Å². The maximum Gasteiger partial charge on any atom is 2.00 e. The Labute approximate surface area is 68.5 Å². The summed E-state index contributed by atoms with van der Waals surface area (Å²) in [4.78, 5) is 0. The molecule has 0 heterocycles. The molecule has 0 amide bonds. The number of halogens is 1. The van der Waals surface area contributed by atoms with Crippen molar-refractivity contribution in [2.45, 2.75) is 0 Å². The van der Waals surface area contributed by atoms with Gasteiger partial charge in [0.25, 0.3) is 0 Å². The molecule has 0 bridgehead atoms. The van der Waals surface area contributed by atoms with Crippen molar-refractivity contribution in [1.82, 2.24) is 0 Å². The zero-order chi connectivity index (χ0) is 4.24. The molecule has 0 aliphatic rings. The summed E-state index contributed by atoms with van der Waals surface area (Å²) in [6.07, 6.45) is 0. The van der Waals surface area contributed by atoms with Gasteiger partial charge in [0, 0.05) is 0 Å². The van der Waals surface area contributed by atoms with Crippen LogP contribution in [-0.2, 0) is 19.5 Å². The fourth-order valence-electron chi connectivity index (χ4n) is 0.342. The molecule has 0 spiro atoms. The van der Waals surface area contributed by atoms with E-state index in [0.29, 0.717) is 0 Å². The van der Waals surface area contributed by atoms with Crippen LogP contribution in [0.2, 0.25) is 0 Å². The van der Waals surface area contributed by atoms with Gasteiger partial charge in [-0.3, -0.25) is 0 Å². The van der Waals surface area contributed by atoms with E-state index in [9.17, 15) is 0 Å². The third kappa shape index (κ3) is 4.30.